The Balaban J connectivity index is 1.38. The first-order chi connectivity index (χ1) is 19.8. The zero-order valence-electron chi connectivity index (χ0n) is 23.4. The van der Waals surface area contributed by atoms with Crippen LogP contribution in [0.25, 0.3) is 0 Å². The van der Waals surface area contributed by atoms with Crippen molar-refractivity contribution < 1.29 is 9.59 Å². The number of halogens is 2. The predicted octanol–water partition coefficient (Wildman–Crippen LogP) is 5.24. The second-order valence-electron chi connectivity index (χ2n) is 11.4. The van der Waals surface area contributed by atoms with Crippen molar-refractivity contribution in [3.8, 4) is 0 Å². The summed E-state index contributed by atoms with van der Waals surface area (Å²) in [5.41, 5.74) is 9.24. The first kappa shape index (κ1) is 29.6. The summed E-state index contributed by atoms with van der Waals surface area (Å²) in [6.07, 6.45) is 2.24. The molecule has 0 bridgehead atoms. The summed E-state index contributed by atoms with van der Waals surface area (Å²) in [7, 11) is 0. The number of nitrogens with zero attached hydrogens (tertiary/aromatic N) is 2. The zero-order valence-corrected chi connectivity index (χ0v) is 24.9. The van der Waals surface area contributed by atoms with Crippen molar-refractivity contribution in [2.75, 3.05) is 26.2 Å². The van der Waals surface area contributed by atoms with E-state index in [0.717, 1.165) is 38.0 Å². The molecule has 3 aromatic rings. The molecule has 0 saturated carbocycles. The van der Waals surface area contributed by atoms with Gasteiger partial charge in [-0.05, 0) is 61.1 Å². The number of nitrogens with two attached hydrogens (primary N) is 1. The van der Waals surface area contributed by atoms with Gasteiger partial charge in [0.15, 0.2) is 0 Å². The minimum atomic E-state index is -0.792. The largest absolute Gasteiger partial charge is 0.343 e. The quantitative estimate of drug-likeness (QED) is 0.356. The average molecular weight is 594 g/mol. The molecular weight excluding hydrogens is 555 g/mol. The Kier molecular flexibility index (Phi) is 9.66. The number of amides is 2. The second kappa shape index (κ2) is 13.4. The maximum atomic E-state index is 14.3. The Labute approximate surface area is 252 Å². The molecule has 5 rings (SSSR count). The van der Waals surface area contributed by atoms with Crippen LogP contribution in [-0.4, -0.2) is 65.9 Å². The highest BCUT2D eigenvalue weighted by Gasteiger charge is 2.40. The van der Waals surface area contributed by atoms with E-state index in [1.807, 2.05) is 29.2 Å². The first-order valence-electron chi connectivity index (χ1n) is 14.4. The molecule has 0 radical (unpaired) electrons. The molecule has 2 amide bonds. The lowest BCUT2D eigenvalue weighted by atomic mass is 9.96. The molecule has 2 heterocycles. The maximum absolute atomic E-state index is 14.3. The number of rotatable bonds is 9. The number of nitrogens with one attached hydrogen (secondary N) is 1. The number of carbonyl (C=O) groups is 2. The molecule has 6 nitrogen and oxygen atoms in total. The van der Waals surface area contributed by atoms with Crippen molar-refractivity contribution >= 4 is 35.0 Å². The Morgan fingerprint density at radius 1 is 0.951 bits per heavy atom. The van der Waals surface area contributed by atoms with E-state index in [2.05, 4.69) is 52.7 Å². The molecule has 2 aliphatic heterocycles. The van der Waals surface area contributed by atoms with Gasteiger partial charge >= 0.3 is 0 Å². The van der Waals surface area contributed by atoms with Crippen molar-refractivity contribution in [3.05, 3.63) is 106 Å². The Morgan fingerprint density at radius 2 is 1.61 bits per heavy atom. The molecule has 2 fully saturated rings. The van der Waals surface area contributed by atoms with Crippen LogP contribution < -0.4 is 11.1 Å². The summed E-state index contributed by atoms with van der Waals surface area (Å²) in [6.45, 7) is 4.99. The van der Waals surface area contributed by atoms with Crippen molar-refractivity contribution in [1.82, 2.24) is 15.1 Å². The molecule has 3 N–H and O–H groups in total. The van der Waals surface area contributed by atoms with E-state index < -0.39 is 12.1 Å². The molecule has 1 unspecified atom stereocenters. The molecule has 3 aromatic carbocycles. The lowest BCUT2D eigenvalue weighted by Crippen LogP contribution is -2.55. The standard InChI is InChI=1S/C33H38Cl2N4O2/c1-22(36)32(40)37-31(17-25-12-13-28(34)18-30(25)35)33(41)39-20-27(24-10-6-3-7-11-24)16-29(39)21-38-15-14-26(19-38)23-8-4-2-5-9-23/h2-13,18,22,26-27,29,31H,14-17,19-21,36H2,1H3,(H,37,40)/t22?,26-,27+,29+,31+/m1/s1. The molecule has 2 saturated heterocycles. The van der Waals surface area contributed by atoms with Gasteiger partial charge in [0.1, 0.15) is 6.04 Å². The van der Waals surface area contributed by atoms with E-state index in [0.29, 0.717) is 22.5 Å². The third-order valence-corrected chi connectivity index (χ3v) is 9.04. The molecular formula is C33H38Cl2N4O2. The van der Waals surface area contributed by atoms with E-state index in [1.54, 1.807) is 19.1 Å². The van der Waals surface area contributed by atoms with Crippen molar-refractivity contribution in [2.45, 2.75) is 56.1 Å². The van der Waals surface area contributed by atoms with E-state index >= 15 is 0 Å². The third kappa shape index (κ3) is 7.31. The highest BCUT2D eigenvalue weighted by molar-refractivity contribution is 6.35. The SMILES string of the molecule is CC(N)C(=O)N[C@@H](Cc1ccc(Cl)cc1Cl)C(=O)N1C[C@@H](c2ccccc2)C[C@H]1CN1CC[C@@H](c2ccccc2)C1. The molecule has 5 atom stereocenters. The zero-order chi connectivity index (χ0) is 28.9. The highest BCUT2D eigenvalue weighted by atomic mass is 35.5. The minimum absolute atomic E-state index is 0.0256. The van der Waals surface area contributed by atoms with E-state index in [9.17, 15) is 9.59 Å². The third-order valence-electron chi connectivity index (χ3n) is 8.45. The van der Waals surface area contributed by atoms with Crippen LogP contribution in [-0.2, 0) is 16.0 Å². The number of hydrogen-bond acceptors (Lipinski definition) is 4. The number of carbonyl (C=O) groups excluding carboxylic acids is 2. The van der Waals surface area contributed by atoms with Crippen LogP contribution in [0.4, 0.5) is 0 Å². The predicted molar refractivity (Wildman–Crippen MR) is 165 cm³/mol. The lowest BCUT2D eigenvalue weighted by Gasteiger charge is -2.32. The van der Waals surface area contributed by atoms with Crippen LogP contribution in [0.5, 0.6) is 0 Å². The average Bonchev–Trinajstić information content (AvgIpc) is 3.62. The fourth-order valence-electron chi connectivity index (χ4n) is 6.23. The summed E-state index contributed by atoms with van der Waals surface area (Å²) in [4.78, 5) is 31.5. The smallest absolute Gasteiger partial charge is 0.245 e. The molecule has 41 heavy (non-hydrogen) atoms. The van der Waals surface area contributed by atoms with Crippen LogP contribution >= 0.6 is 23.2 Å². The Bertz CT molecular complexity index is 1340. The summed E-state index contributed by atoms with van der Waals surface area (Å²) in [5, 5.41) is 3.91. The maximum Gasteiger partial charge on any atom is 0.245 e. The van der Waals surface area contributed by atoms with E-state index in [-0.39, 0.29) is 30.2 Å². The van der Waals surface area contributed by atoms with Gasteiger partial charge in [0.05, 0.1) is 6.04 Å². The summed E-state index contributed by atoms with van der Waals surface area (Å²) in [5.74, 6) is 0.250. The molecule has 216 valence electrons. The monoisotopic (exact) mass is 592 g/mol. The van der Waals surface area contributed by atoms with E-state index in [1.165, 1.54) is 11.1 Å². The first-order valence-corrected chi connectivity index (χ1v) is 15.2. The van der Waals surface area contributed by atoms with Gasteiger partial charge in [-0.25, -0.2) is 0 Å². The summed E-state index contributed by atoms with van der Waals surface area (Å²) in [6, 6.07) is 24.8. The van der Waals surface area contributed by atoms with Gasteiger partial charge in [-0.2, -0.15) is 0 Å². The van der Waals surface area contributed by atoms with Gasteiger partial charge in [0.25, 0.3) is 0 Å². The van der Waals surface area contributed by atoms with Gasteiger partial charge in [0.2, 0.25) is 11.8 Å². The fraction of sp³-hybridized carbons (Fsp3) is 0.394. The van der Waals surface area contributed by atoms with Crippen LogP contribution in [0.1, 0.15) is 48.3 Å². The molecule has 0 spiro atoms. The molecule has 0 aromatic heterocycles. The number of hydrogen-bond donors (Lipinski definition) is 2. The normalized spacial score (nSPS) is 22.4. The van der Waals surface area contributed by atoms with Gasteiger partial charge in [-0.3, -0.25) is 9.59 Å². The second-order valence-corrected chi connectivity index (χ2v) is 12.3. The van der Waals surface area contributed by atoms with Gasteiger partial charge in [-0.15, -0.1) is 0 Å². The van der Waals surface area contributed by atoms with Gasteiger partial charge in [-0.1, -0.05) is 89.9 Å². The highest BCUT2D eigenvalue weighted by Crippen LogP contribution is 2.35. The van der Waals surface area contributed by atoms with Gasteiger partial charge < -0.3 is 20.9 Å². The van der Waals surface area contributed by atoms with E-state index in [4.69, 9.17) is 28.9 Å². The number of likely N-dealkylation sites (tertiary alicyclic amines) is 2. The van der Waals surface area contributed by atoms with Crippen molar-refractivity contribution in [3.63, 3.8) is 0 Å². The summed E-state index contributed by atoms with van der Waals surface area (Å²) >= 11 is 12.6. The lowest BCUT2D eigenvalue weighted by molar-refractivity contribution is -0.137. The fourth-order valence-corrected chi connectivity index (χ4v) is 6.72. The Morgan fingerprint density at radius 3 is 2.24 bits per heavy atom. The molecule has 0 aliphatic carbocycles. The van der Waals surface area contributed by atoms with Crippen molar-refractivity contribution in [1.29, 1.82) is 0 Å². The van der Waals surface area contributed by atoms with Crippen molar-refractivity contribution in [2.24, 2.45) is 5.73 Å². The van der Waals surface area contributed by atoms with Gasteiger partial charge in [0, 0.05) is 48.1 Å². The van der Waals surface area contributed by atoms with Crippen LogP contribution in [0.3, 0.4) is 0 Å². The topological polar surface area (TPSA) is 78.7 Å². The molecule has 8 heteroatoms. The van der Waals surface area contributed by atoms with Crippen LogP contribution in [0.2, 0.25) is 10.0 Å². The number of benzene rings is 3. The Hall–Kier alpha value is -2.90. The minimum Gasteiger partial charge on any atom is -0.343 e. The summed E-state index contributed by atoms with van der Waals surface area (Å²) < 4.78 is 0. The van der Waals surface area contributed by atoms with Crippen LogP contribution in [0, 0.1) is 0 Å². The van der Waals surface area contributed by atoms with Crippen LogP contribution in [0.15, 0.2) is 78.9 Å². The molecule has 2 aliphatic rings.